The SMILES string of the molecule is CC(C)c1cc(CN(C)C(C)C)ccn1. The molecule has 0 bridgehead atoms. The van der Waals surface area contributed by atoms with Crippen LogP contribution in [-0.4, -0.2) is 23.0 Å². The Morgan fingerprint density at radius 1 is 1.27 bits per heavy atom. The van der Waals surface area contributed by atoms with E-state index in [1.807, 2.05) is 6.20 Å². The number of nitrogens with zero attached hydrogens (tertiary/aromatic N) is 2. The summed E-state index contributed by atoms with van der Waals surface area (Å²) in [4.78, 5) is 6.71. The van der Waals surface area contributed by atoms with Crippen molar-refractivity contribution in [3.63, 3.8) is 0 Å². The van der Waals surface area contributed by atoms with E-state index >= 15 is 0 Å². The van der Waals surface area contributed by atoms with E-state index in [0.29, 0.717) is 12.0 Å². The highest BCUT2D eigenvalue weighted by atomic mass is 15.1. The summed E-state index contributed by atoms with van der Waals surface area (Å²) < 4.78 is 0. The highest BCUT2D eigenvalue weighted by Crippen LogP contribution is 2.14. The molecule has 0 aliphatic heterocycles. The van der Waals surface area contributed by atoms with Crippen molar-refractivity contribution in [2.75, 3.05) is 7.05 Å². The number of pyridine rings is 1. The molecule has 0 aromatic carbocycles. The van der Waals surface area contributed by atoms with Gasteiger partial charge in [-0.05, 0) is 44.5 Å². The van der Waals surface area contributed by atoms with Crippen LogP contribution in [0.15, 0.2) is 18.3 Å². The molecule has 1 aromatic rings. The standard InChI is InChI=1S/C13H22N2/c1-10(2)13-8-12(6-7-14-13)9-15(5)11(3)4/h6-8,10-11H,9H2,1-5H3. The Hall–Kier alpha value is -0.890. The fourth-order valence-electron chi connectivity index (χ4n) is 1.38. The lowest BCUT2D eigenvalue weighted by molar-refractivity contribution is 0.265. The summed E-state index contributed by atoms with van der Waals surface area (Å²) in [6, 6.07) is 4.90. The van der Waals surface area contributed by atoms with Gasteiger partial charge in [-0.25, -0.2) is 0 Å². The maximum atomic E-state index is 4.37. The summed E-state index contributed by atoms with van der Waals surface area (Å²) in [7, 11) is 2.15. The number of hydrogen-bond acceptors (Lipinski definition) is 2. The van der Waals surface area contributed by atoms with Crippen molar-refractivity contribution in [1.82, 2.24) is 9.88 Å². The molecule has 1 aromatic heterocycles. The summed E-state index contributed by atoms with van der Waals surface area (Å²) in [6.07, 6.45) is 1.92. The monoisotopic (exact) mass is 206 g/mol. The summed E-state index contributed by atoms with van der Waals surface area (Å²) >= 11 is 0. The van der Waals surface area contributed by atoms with Crippen LogP contribution in [0.25, 0.3) is 0 Å². The van der Waals surface area contributed by atoms with Crippen molar-refractivity contribution in [1.29, 1.82) is 0 Å². The van der Waals surface area contributed by atoms with Crippen LogP contribution >= 0.6 is 0 Å². The fraction of sp³-hybridized carbons (Fsp3) is 0.615. The summed E-state index contributed by atoms with van der Waals surface area (Å²) in [6.45, 7) is 9.78. The molecule has 0 amide bonds. The average molecular weight is 206 g/mol. The van der Waals surface area contributed by atoms with E-state index < -0.39 is 0 Å². The van der Waals surface area contributed by atoms with Crippen LogP contribution in [0.2, 0.25) is 0 Å². The molecule has 0 aliphatic carbocycles. The molecule has 84 valence electrons. The minimum absolute atomic E-state index is 0.509. The molecule has 0 unspecified atom stereocenters. The molecule has 0 atom stereocenters. The Bertz CT molecular complexity index is 305. The van der Waals surface area contributed by atoms with Gasteiger partial charge in [-0.3, -0.25) is 9.88 Å². The maximum absolute atomic E-state index is 4.37. The second-order valence-corrected chi connectivity index (χ2v) is 4.75. The van der Waals surface area contributed by atoms with E-state index in [1.54, 1.807) is 0 Å². The number of aromatic nitrogens is 1. The normalized spacial score (nSPS) is 11.7. The Labute approximate surface area is 93.3 Å². The molecule has 1 heterocycles. The van der Waals surface area contributed by atoms with Gasteiger partial charge in [0.05, 0.1) is 0 Å². The molecule has 0 N–H and O–H groups in total. The quantitative estimate of drug-likeness (QED) is 0.752. The predicted molar refractivity (Wildman–Crippen MR) is 64.9 cm³/mol. The third-order valence-electron chi connectivity index (χ3n) is 2.75. The van der Waals surface area contributed by atoms with Gasteiger partial charge in [0, 0.05) is 24.5 Å². The van der Waals surface area contributed by atoms with Gasteiger partial charge < -0.3 is 0 Å². The van der Waals surface area contributed by atoms with Gasteiger partial charge in [0.15, 0.2) is 0 Å². The van der Waals surface area contributed by atoms with E-state index in [9.17, 15) is 0 Å². The number of rotatable bonds is 4. The van der Waals surface area contributed by atoms with Crippen molar-refractivity contribution in [3.05, 3.63) is 29.6 Å². The molecule has 2 heteroatoms. The lowest BCUT2D eigenvalue weighted by atomic mass is 10.1. The Kier molecular flexibility index (Phi) is 4.28. The van der Waals surface area contributed by atoms with Crippen LogP contribution in [0.4, 0.5) is 0 Å². The van der Waals surface area contributed by atoms with Gasteiger partial charge in [-0.2, -0.15) is 0 Å². The predicted octanol–water partition coefficient (Wildman–Crippen LogP) is 3.05. The molecular formula is C13H22N2. The first-order valence-electron chi connectivity index (χ1n) is 5.65. The van der Waals surface area contributed by atoms with Gasteiger partial charge in [-0.15, -0.1) is 0 Å². The van der Waals surface area contributed by atoms with Crippen molar-refractivity contribution in [2.45, 2.75) is 46.2 Å². The van der Waals surface area contributed by atoms with Gasteiger partial charge >= 0.3 is 0 Å². The summed E-state index contributed by atoms with van der Waals surface area (Å²) in [5.41, 5.74) is 2.54. The molecule has 0 saturated carbocycles. The zero-order chi connectivity index (χ0) is 11.4. The minimum atomic E-state index is 0.509. The largest absolute Gasteiger partial charge is 0.300 e. The molecule has 15 heavy (non-hydrogen) atoms. The first-order valence-corrected chi connectivity index (χ1v) is 5.65. The van der Waals surface area contributed by atoms with E-state index in [1.165, 1.54) is 11.3 Å². The van der Waals surface area contributed by atoms with Crippen molar-refractivity contribution < 1.29 is 0 Å². The van der Waals surface area contributed by atoms with E-state index in [2.05, 4.69) is 56.8 Å². The van der Waals surface area contributed by atoms with Crippen molar-refractivity contribution in [2.24, 2.45) is 0 Å². The van der Waals surface area contributed by atoms with Crippen LogP contribution in [0.1, 0.15) is 44.9 Å². The third-order valence-corrected chi connectivity index (χ3v) is 2.75. The average Bonchev–Trinajstić information content (AvgIpc) is 2.18. The van der Waals surface area contributed by atoms with Crippen LogP contribution in [0.5, 0.6) is 0 Å². The molecule has 1 rings (SSSR count). The first-order chi connectivity index (χ1) is 7.00. The Balaban J connectivity index is 2.73. The highest BCUT2D eigenvalue weighted by molar-refractivity contribution is 5.18. The first kappa shape index (κ1) is 12.2. The van der Waals surface area contributed by atoms with Gasteiger partial charge in [0.1, 0.15) is 0 Å². The van der Waals surface area contributed by atoms with Crippen LogP contribution < -0.4 is 0 Å². The topological polar surface area (TPSA) is 16.1 Å². The molecule has 0 radical (unpaired) electrons. The van der Waals surface area contributed by atoms with Gasteiger partial charge in [-0.1, -0.05) is 13.8 Å². The third kappa shape index (κ3) is 3.63. The molecule has 0 spiro atoms. The zero-order valence-corrected chi connectivity index (χ0v) is 10.5. The van der Waals surface area contributed by atoms with Crippen LogP contribution in [0.3, 0.4) is 0 Å². The van der Waals surface area contributed by atoms with E-state index in [-0.39, 0.29) is 0 Å². The molecular weight excluding hydrogens is 184 g/mol. The van der Waals surface area contributed by atoms with Crippen molar-refractivity contribution >= 4 is 0 Å². The molecule has 2 nitrogen and oxygen atoms in total. The van der Waals surface area contributed by atoms with Gasteiger partial charge in [0.25, 0.3) is 0 Å². The summed E-state index contributed by atoms with van der Waals surface area (Å²) in [5.74, 6) is 0.509. The molecule has 0 aliphatic rings. The van der Waals surface area contributed by atoms with Crippen LogP contribution in [-0.2, 0) is 6.54 Å². The fourth-order valence-corrected chi connectivity index (χ4v) is 1.38. The summed E-state index contributed by atoms with van der Waals surface area (Å²) in [5, 5.41) is 0. The number of hydrogen-bond donors (Lipinski definition) is 0. The Morgan fingerprint density at radius 3 is 2.47 bits per heavy atom. The molecule has 0 fully saturated rings. The minimum Gasteiger partial charge on any atom is -0.300 e. The van der Waals surface area contributed by atoms with Gasteiger partial charge in [0.2, 0.25) is 0 Å². The van der Waals surface area contributed by atoms with E-state index in [0.717, 1.165) is 6.54 Å². The second kappa shape index (κ2) is 5.26. The Morgan fingerprint density at radius 2 is 1.93 bits per heavy atom. The van der Waals surface area contributed by atoms with Crippen molar-refractivity contribution in [3.8, 4) is 0 Å². The highest BCUT2D eigenvalue weighted by Gasteiger charge is 2.06. The maximum Gasteiger partial charge on any atom is 0.0432 e. The van der Waals surface area contributed by atoms with E-state index in [4.69, 9.17) is 0 Å². The molecule has 0 saturated heterocycles. The smallest absolute Gasteiger partial charge is 0.0432 e. The zero-order valence-electron chi connectivity index (χ0n) is 10.5. The second-order valence-electron chi connectivity index (χ2n) is 4.75. The lowest BCUT2D eigenvalue weighted by Crippen LogP contribution is -2.25. The van der Waals surface area contributed by atoms with Crippen LogP contribution in [0, 0.1) is 0 Å². The lowest BCUT2D eigenvalue weighted by Gasteiger charge is -2.21.